The van der Waals surface area contributed by atoms with E-state index in [2.05, 4.69) is 4.98 Å². The number of nitrogens with zero attached hydrogens (tertiary/aromatic N) is 1. The summed E-state index contributed by atoms with van der Waals surface area (Å²) in [6, 6.07) is 5.77. The minimum atomic E-state index is -0.0305. The number of Topliss-reactive ketones (excluding diaryl/α,β-unsaturated/α-hetero) is 1. The number of aromatic nitrogens is 1. The maximum absolute atomic E-state index is 11.2. The molecule has 3 heteroatoms. The molecule has 0 radical (unpaired) electrons. The zero-order valence-corrected chi connectivity index (χ0v) is 9.02. The Morgan fingerprint density at radius 1 is 1.47 bits per heavy atom. The third kappa shape index (κ3) is 4.21. The van der Waals surface area contributed by atoms with E-state index in [0.717, 1.165) is 18.5 Å². The van der Waals surface area contributed by atoms with Gasteiger partial charge < -0.3 is 5.11 Å². The van der Waals surface area contributed by atoms with Gasteiger partial charge in [0, 0.05) is 24.4 Å². The summed E-state index contributed by atoms with van der Waals surface area (Å²) in [4.78, 5) is 15.4. The van der Waals surface area contributed by atoms with Gasteiger partial charge in [0.1, 0.15) is 5.78 Å². The fourth-order valence-corrected chi connectivity index (χ4v) is 1.57. The van der Waals surface area contributed by atoms with Crippen molar-refractivity contribution in [3.63, 3.8) is 0 Å². The van der Waals surface area contributed by atoms with Gasteiger partial charge in [-0.15, -0.1) is 0 Å². The molecule has 1 aromatic heterocycles. The first-order chi connectivity index (χ1) is 7.24. The smallest absolute Gasteiger partial charge is 0.133 e. The van der Waals surface area contributed by atoms with Crippen molar-refractivity contribution in [3.05, 3.63) is 30.1 Å². The van der Waals surface area contributed by atoms with Crippen LogP contribution in [0.1, 0.15) is 25.5 Å². The van der Waals surface area contributed by atoms with Gasteiger partial charge >= 0.3 is 0 Å². The molecule has 0 aliphatic heterocycles. The quantitative estimate of drug-likeness (QED) is 0.770. The molecule has 1 atom stereocenters. The Hall–Kier alpha value is -1.22. The summed E-state index contributed by atoms with van der Waals surface area (Å²) in [7, 11) is 0. The average Bonchev–Trinajstić information content (AvgIpc) is 2.25. The highest BCUT2D eigenvalue weighted by Gasteiger charge is 2.13. The van der Waals surface area contributed by atoms with Gasteiger partial charge in [0.05, 0.1) is 0 Å². The second-order valence-electron chi connectivity index (χ2n) is 3.68. The highest BCUT2D eigenvalue weighted by molar-refractivity contribution is 5.78. The molecule has 1 aromatic rings. The number of ketones is 1. The Labute approximate surface area is 90.2 Å². The third-order valence-corrected chi connectivity index (χ3v) is 2.53. The van der Waals surface area contributed by atoms with Crippen LogP contribution in [-0.2, 0) is 11.2 Å². The molecule has 15 heavy (non-hydrogen) atoms. The van der Waals surface area contributed by atoms with Crippen molar-refractivity contribution >= 4 is 5.78 Å². The summed E-state index contributed by atoms with van der Waals surface area (Å²) in [6.45, 7) is 1.66. The number of hydrogen-bond acceptors (Lipinski definition) is 3. The molecule has 82 valence electrons. The molecule has 0 bridgehead atoms. The van der Waals surface area contributed by atoms with Crippen LogP contribution >= 0.6 is 0 Å². The Kier molecular flexibility index (Phi) is 4.98. The number of pyridine rings is 1. The first kappa shape index (κ1) is 11.9. The van der Waals surface area contributed by atoms with E-state index in [1.807, 2.05) is 18.2 Å². The zero-order valence-electron chi connectivity index (χ0n) is 9.02. The van der Waals surface area contributed by atoms with Crippen LogP contribution in [0.4, 0.5) is 0 Å². The van der Waals surface area contributed by atoms with Crippen molar-refractivity contribution in [2.75, 3.05) is 6.61 Å². The molecule has 0 spiro atoms. The number of hydrogen-bond donors (Lipinski definition) is 1. The first-order valence-electron chi connectivity index (χ1n) is 5.25. The van der Waals surface area contributed by atoms with Crippen molar-refractivity contribution in [3.8, 4) is 0 Å². The maximum Gasteiger partial charge on any atom is 0.133 e. The van der Waals surface area contributed by atoms with Crippen LogP contribution in [0, 0.1) is 5.92 Å². The highest BCUT2D eigenvalue weighted by Crippen LogP contribution is 2.12. The number of aliphatic hydroxyl groups excluding tert-OH is 1. The van der Waals surface area contributed by atoms with Crippen molar-refractivity contribution in [1.82, 2.24) is 4.98 Å². The Balaban J connectivity index is 2.43. The monoisotopic (exact) mass is 207 g/mol. The van der Waals surface area contributed by atoms with Crippen molar-refractivity contribution in [2.45, 2.75) is 26.2 Å². The van der Waals surface area contributed by atoms with Gasteiger partial charge in [-0.2, -0.15) is 0 Å². The molecule has 0 aromatic carbocycles. The number of carbonyl (C=O) groups excluding carboxylic acids is 1. The highest BCUT2D eigenvalue weighted by atomic mass is 16.3. The van der Waals surface area contributed by atoms with E-state index >= 15 is 0 Å². The van der Waals surface area contributed by atoms with E-state index < -0.39 is 0 Å². The molecule has 0 fully saturated rings. The lowest BCUT2D eigenvalue weighted by atomic mass is 9.95. The molecular formula is C12H17NO2. The summed E-state index contributed by atoms with van der Waals surface area (Å²) >= 11 is 0. The largest absolute Gasteiger partial charge is 0.396 e. The zero-order chi connectivity index (χ0) is 11.1. The molecule has 1 heterocycles. The number of aryl methyl sites for hydroxylation is 1. The molecule has 1 rings (SSSR count). The Morgan fingerprint density at radius 3 is 2.80 bits per heavy atom. The lowest BCUT2D eigenvalue weighted by Crippen LogP contribution is -2.14. The Morgan fingerprint density at radius 2 is 2.27 bits per heavy atom. The summed E-state index contributed by atoms with van der Waals surface area (Å²) < 4.78 is 0. The predicted octanol–water partition coefficient (Wildman–Crippen LogP) is 1.60. The van der Waals surface area contributed by atoms with E-state index in [9.17, 15) is 4.79 Å². The third-order valence-electron chi connectivity index (χ3n) is 2.53. The van der Waals surface area contributed by atoms with Crippen LogP contribution in [0.5, 0.6) is 0 Å². The van der Waals surface area contributed by atoms with Crippen LogP contribution in [0.25, 0.3) is 0 Å². The minimum absolute atomic E-state index is 0.0305. The maximum atomic E-state index is 11.2. The molecule has 0 aliphatic rings. The summed E-state index contributed by atoms with van der Waals surface area (Å²) in [6.07, 6.45) is 3.88. The lowest BCUT2D eigenvalue weighted by molar-refractivity contribution is -0.121. The topological polar surface area (TPSA) is 50.2 Å². The number of aliphatic hydroxyl groups is 1. The van der Waals surface area contributed by atoms with Crippen LogP contribution in [0.2, 0.25) is 0 Å². The summed E-state index contributed by atoms with van der Waals surface area (Å²) in [5, 5.41) is 8.81. The SMILES string of the molecule is CC(=O)C(CCO)CCc1ccccn1. The van der Waals surface area contributed by atoms with Gasteiger partial charge in [0.15, 0.2) is 0 Å². The van der Waals surface area contributed by atoms with Gasteiger partial charge in [-0.25, -0.2) is 0 Å². The molecule has 1 N–H and O–H groups in total. The van der Waals surface area contributed by atoms with E-state index in [1.165, 1.54) is 0 Å². The second kappa shape index (κ2) is 6.30. The second-order valence-corrected chi connectivity index (χ2v) is 3.68. The fourth-order valence-electron chi connectivity index (χ4n) is 1.57. The van der Waals surface area contributed by atoms with E-state index in [1.54, 1.807) is 13.1 Å². The van der Waals surface area contributed by atoms with Gasteiger partial charge in [-0.1, -0.05) is 6.07 Å². The summed E-state index contributed by atoms with van der Waals surface area (Å²) in [5.41, 5.74) is 1.00. The van der Waals surface area contributed by atoms with Crippen molar-refractivity contribution in [2.24, 2.45) is 5.92 Å². The predicted molar refractivity (Wildman–Crippen MR) is 58.4 cm³/mol. The van der Waals surface area contributed by atoms with Crippen LogP contribution in [0.15, 0.2) is 24.4 Å². The molecule has 1 unspecified atom stereocenters. The minimum Gasteiger partial charge on any atom is -0.396 e. The molecule has 0 saturated heterocycles. The summed E-state index contributed by atoms with van der Waals surface area (Å²) in [5.74, 6) is 0.122. The van der Waals surface area contributed by atoms with E-state index in [-0.39, 0.29) is 18.3 Å². The van der Waals surface area contributed by atoms with Crippen molar-refractivity contribution in [1.29, 1.82) is 0 Å². The number of carbonyl (C=O) groups is 1. The van der Waals surface area contributed by atoms with Crippen LogP contribution in [-0.4, -0.2) is 22.5 Å². The lowest BCUT2D eigenvalue weighted by Gasteiger charge is -2.11. The molecular weight excluding hydrogens is 190 g/mol. The van der Waals surface area contributed by atoms with Gasteiger partial charge in [-0.05, 0) is 38.3 Å². The molecule has 0 amide bonds. The molecule has 3 nitrogen and oxygen atoms in total. The van der Waals surface area contributed by atoms with Gasteiger partial charge in [0.25, 0.3) is 0 Å². The van der Waals surface area contributed by atoms with E-state index in [0.29, 0.717) is 6.42 Å². The van der Waals surface area contributed by atoms with Gasteiger partial charge in [0.2, 0.25) is 0 Å². The van der Waals surface area contributed by atoms with Crippen LogP contribution in [0.3, 0.4) is 0 Å². The fraction of sp³-hybridized carbons (Fsp3) is 0.500. The standard InChI is InChI=1S/C12H17NO2/c1-10(15)11(7-9-14)5-6-12-4-2-3-8-13-12/h2-4,8,11,14H,5-7,9H2,1H3. The normalized spacial score (nSPS) is 12.4. The van der Waals surface area contributed by atoms with E-state index in [4.69, 9.17) is 5.11 Å². The molecule has 0 saturated carbocycles. The average molecular weight is 207 g/mol. The van der Waals surface area contributed by atoms with Gasteiger partial charge in [-0.3, -0.25) is 9.78 Å². The first-order valence-corrected chi connectivity index (χ1v) is 5.25. The number of rotatable bonds is 6. The molecule has 0 aliphatic carbocycles. The van der Waals surface area contributed by atoms with Crippen LogP contribution < -0.4 is 0 Å². The Bertz CT molecular complexity index is 298. The van der Waals surface area contributed by atoms with Crippen molar-refractivity contribution < 1.29 is 9.90 Å².